The molecule has 0 aliphatic carbocycles. The summed E-state index contributed by atoms with van der Waals surface area (Å²) in [5, 5.41) is 12.2. The molecule has 0 saturated carbocycles. The molecule has 6 nitrogen and oxygen atoms in total. The van der Waals surface area contributed by atoms with Crippen LogP contribution >= 0.6 is 11.6 Å². The first-order chi connectivity index (χ1) is 14.5. The van der Waals surface area contributed by atoms with Gasteiger partial charge in [-0.25, -0.2) is 4.79 Å². The van der Waals surface area contributed by atoms with E-state index >= 15 is 0 Å². The Labute approximate surface area is 177 Å². The largest absolute Gasteiger partial charge is 0.478 e. The smallest absolute Gasteiger partial charge is 0.336 e. The second kappa shape index (κ2) is 7.16. The van der Waals surface area contributed by atoms with Crippen LogP contribution in [-0.4, -0.2) is 21.0 Å². The number of H-pyrrole nitrogens is 1. The number of hydrogen-bond acceptors (Lipinski definition) is 3. The third-order valence-corrected chi connectivity index (χ3v) is 5.76. The average Bonchev–Trinajstić information content (AvgIpc) is 3.33. The lowest BCUT2D eigenvalue weighted by Crippen LogP contribution is -2.77. The first-order valence-electron chi connectivity index (χ1n) is 9.63. The molecule has 0 saturated heterocycles. The number of imidazole rings is 1. The second-order valence-corrected chi connectivity index (χ2v) is 7.86. The van der Waals surface area contributed by atoms with E-state index in [0.29, 0.717) is 16.3 Å². The number of rotatable bonds is 4. The normalized spacial score (nSPS) is 12.9. The lowest BCUT2D eigenvalue weighted by atomic mass is 10.00. The molecule has 3 aromatic carbocycles. The molecule has 0 radical (unpaired) electrons. The number of hydrogen-bond donors (Lipinski definition) is 3. The predicted octanol–water partition coefficient (Wildman–Crippen LogP) is 4.26. The van der Waals surface area contributed by atoms with E-state index in [1.807, 2.05) is 12.1 Å². The summed E-state index contributed by atoms with van der Waals surface area (Å²) in [7, 11) is 0. The van der Waals surface area contributed by atoms with Gasteiger partial charge in [-0.3, -0.25) is 0 Å². The van der Waals surface area contributed by atoms with Crippen molar-refractivity contribution in [1.29, 1.82) is 0 Å². The molecule has 7 heteroatoms. The fraction of sp³-hybridized carbons (Fsp3) is 0.130. The lowest BCUT2D eigenvalue weighted by Gasteiger charge is -2.06. The number of nitrogens with one attached hydrogen (secondary N) is 1. The van der Waals surface area contributed by atoms with Crippen LogP contribution in [0.3, 0.4) is 0 Å². The van der Waals surface area contributed by atoms with Crippen molar-refractivity contribution in [2.75, 3.05) is 0 Å². The molecule has 4 N–H and O–H groups in total. The molecule has 2 heterocycles. The highest BCUT2D eigenvalue weighted by Gasteiger charge is 2.17. The van der Waals surface area contributed by atoms with Crippen LogP contribution < -0.4 is 10.1 Å². The summed E-state index contributed by atoms with van der Waals surface area (Å²) < 4.78 is 5.78. The SMILES string of the molecule is Cc1ccc(Oc2nc3cc(-c4ccc5c(c4)C[NH2+]C5)c(Cl)cc3[nH]2)cc1C(=O)O. The van der Waals surface area contributed by atoms with Crippen LogP contribution in [0.4, 0.5) is 0 Å². The van der Waals surface area contributed by atoms with E-state index in [9.17, 15) is 9.90 Å². The van der Waals surface area contributed by atoms with Crippen LogP contribution in [0.25, 0.3) is 22.2 Å². The molecule has 1 aliphatic heterocycles. The molecule has 1 aliphatic rings. The molecular weight excluding hydrogens is 402 g/mol. The minimum atomic E-state index is -0.995. The van der Waals surface area contributed by atoms with Crippen molar-refractivity contribution in [3.63, 3.8) is 0 Å². The Bertz CT molecular complexity index is 1310. The van der Waals surface area contributed by atoms with E-state index in [0.717, 1.165) is 35.2 Å². The number of nitrogens with two attached hydrogens (primary N) is 1. The maximum atomic E-state index is 11.4. The van der Waals surface area contributed by atoms with Gasteiger partial charge in [-0.2, -0.15) is 4.98 Å². The number of fused-ring (bicyclic) bond motifs is 2. The number of nitrogens with zero attached hydrogens (tertiary/aromatic N) is 1. The zero-order valence-corrected chi connectivity index (χ0v) is 17.0. The molecule has 5 rings (SSSR count). The molecule has 0 fully saturated rings. The molecule has 0 unspecified atom stereocenters. The summed E-state index contributed by atoms with van der Waals surface area (Å²) in [5.74, 6) is -0.593. The number of aryl methyl sites for hydroxylation is 1. The Morgan fingerprint density at radius 1 is 1.13 bits per heavy atom. The minimum Gasteiger partial charge on any atom is -0.478 e. The van der Waals surface area contributed by atoms with Crippen molar-refractivity contribution < 1.29 is 20.0 Å². The van der Waals surface area contributed by atoms with E-state index in [1.165, 1.54) is 17.2 Å². The van der Waals surface area contributed by atoms with Crippen LogP contribution in [0.15, 0.2) is 48.5 Å². The summed E-state index contributed by atoms with van der Waals surface area (Å²) in [4.78, 5) is 19.0. The number of carboxylic acids is 1. The van der Waals surface area contributed by atoms with E-state index in [4.69, 9.17) is 16.3 Å². The molecule has 0 amide bonds. The van der Waals surface area contributed by atoms with Crippen LogP contribution in [0.5, 0.6) is 11.8 Å². The predicted molar refractivity (Wildman–Crippen MR) is 114 cm³/mol. The highest BCUT2D eigenvalue weighted by atomic mass is 35.5. The molecule has 4 aromatic rings. The maximum Gasteiger partial charge on any atom is 0.336 e. The zero-order chi connectivity index (χ0) is 20.8. The summed E-state index contributed by atoms with van der Waals surface area (Å²) >= 11 is 6.57. The third-order valence-electron chi connectivity index (χ3n) is 5.45. The minimum absolute atomic E-state index is 0.197. The van der Waals surface area contributed by atoms with Crippen LogP contribution in [0.1, 0.15) is 27.0 Å². The van der Waals surface area contributed by atoms with Crippen LogP contribution in [0.2, 0.25) is 5.02 Å². The molecular formula is C23H19ClN3O3+. The van der Waals surface area contributed by atoms with Crippen molar-refractivity contribution >= 4 is 28.6 Å². The van der Waals surface area contributed by atoms with E-state index in [2.05, 4.69) is 33.5 Å². The number of carbonyl (C=O) groups is 1. The van der Waals surface area contributed by atoms with Gasteiger partial charge in [-0.05, 0) is 48.4 Å². The highest BCUT2D eigenvalue weighted by molar-refractivity contribution is 6.34. The molecule has 0 atom stereocenters. The Balaban J connectivity index is 1.49. The van der Waals surface area contributed by atoms with Gasteiger partial charge in [0.05, 0.1) is 21.6 Å². The number of aromatic carboxylic acids is 1. The quantitative estimate of drug-likeness (QED) is 0.460. The Morgan fingerprint density at radius 2 is 1.97 bits per heavy atom. The van der Waals surface area contributed by atoms with E-state index < -0.39 is 5.97 Å². The van der Waals surface area contributed by atoms with Crippen LogP contribution in [-0.2, 0) is 13.1 Å². The second-order valence-electron chi connectivity index (χ2n) is 7.46. The van der Waals surface area contributed by atoms with Crippen molar-refractivity contribution in [3.8, 4) is 22.9 Å². The van der Waals surface area contributed by atoms with Gasteiger partial charge in [0.2, 0.25) is 0 Å². The lowest BCUT2D eigenvalue weighted by molar-refractivity contribution is -0.676. The average molecular weight is 421 g/mol. The number of quaternary nitrogens is 1. The molecule has 0 bridgehead atoms. The number of aromatic amines is 1. The highest BCUT2D eigenvalue weighted by Crippen LogP contribution is 2.34. The Morgan fingerprint density at radius 3 is 2.80 bits per heavy atom. The number of carboxylic acid groups (broad SMARTS) is 1. The molecule has 1 aromatic heterocycles. The van der Waals surface area contributed by atoms with Gasteiger partial charge >= 0.3 is 5.97 Å². The summed E-state index contributed by atoms with van der Waals surface area (Å²) in [6.07, 6.45) is 0. The van der Waals surface area contributed by atoms with Gasteiger partial charge in [0.1, 0.15) is 18.8 Å². The van der Waals surface area contributed by atoms with E-state index in [1.54, 1.807) is 19.1 Å². The summed E-state index contributed by atoms with van der Waals surface area (Å²) in [6, 6.07) is 15.4. The van der Waals surface area contributed by atoms with Gasteiger partial charge < -0.3 is 20.1 Å². The van der Waals surface area contributed by atoms with Crippen molar-refractivity contribution in [2.24, 2.45) is 0 Å². The van der Waals surface area contributed by atoms with Crippen molar-refractivity contribution in [2.45, 2.75) is 20.0 Å². The molecule has 30 heavy (non-hydrogen) atoms. The zero-order valence-electron chi connectivity index (χ0n) is 16.2. The van der Waals surface area contributed by atoms with Crippen LogP contribution in [0, 0.1) is 6.92 Å². The van der Waals surface area contributed by atoms with Gasteiger partial charge in [0.15, 0.2) is 0 Å². The third kappa shape index (κ3) is 3.30. The monoisotopic (exact) mass is 420 g/mol. The molecule has 150 valence electrons. The first-order valence-corrected chi connectivity index (χ1v) is 10.0. The number of aromatic nitrogens is 2. The number of halogens is 1. The Kier molecular flexibility index (Phi) is 4.46. The fourth-order valence-corrected chi connectivity index (χ4v) is 4.12. The Hall–Kier alpha value is -3.35. The van der Waals surface area contributed by atoms with E-state index in [-0.39, 0.29) is 11.6 Å². The summed E-state index contributed by atoms with van der Waals surface area (Å²) in [5.41, 5.74) is 7.02. The number of ether oxygens (including phenoxy) is 1. The topological polar surface area (TPSA) is 91.8 Å². The summed E-state index contributed by atoms with van der Waals surface area (Å²) in [6.45, 7) is 3.75. The van der Waals surface area contributed by atoms with Gasteiger partial charge in [-0.15, -0.1) is 0 Å². The van der Waals surface area contributed by atoms with Crippen molar-refractivity contribution in [3.05, 3.63) is 75.8 Å². The first kappa shape index (κ1) is 18.7. The standard InChI is InChI=1S/C23H18ClN3O3/c1-12-2-5-16(7-17(12)22(28)29)30-23-26-20-8-18(19(24)9-21(20)27-23)13-3-4-14-10-25-11-15(14)6-13/h2-9,25H,10-11H2,1H3,(H,26,27)(H,28,29)/p+1. The van der Waals surface area contributed by atoms with Crippen molar-refractivity contribution in [1.82, 2.24) is 9.97 Å². The number of benzene rings is 3. The van der Waals surface area contributed by atoms with Gasteiger partial charge in [0.25, 0.3) is 6.01 Å². The van der Waals surface area contributed by atoms with Gasteiger partial charge in [0, 0.05) is 16.7 Å². The fourth-order valence-electron chi connectivity index (χ4n) is 3.85. The maximum absolute atomic E-state index is 11.4. The molecule has 0 spiro atoms. The van der Waals surface area contributed by atoms with Gasteiger partial charge in [-0.1, -0.05) is 29.8 Å².